The highest BCUT2D eigenvalue weighted by Crippen LogP contribution is 2.30. The van der Waals surface area contributed by atoms with E-state index in [1.165, 1.54) is 24.4 Å². The van der Waals surface area contributed by atoms with Crippen LogP contribution >= 0.6 is 12.4 Å². The van der Waals surface area contributed by atoms with Crippen LogP contribution < -0.4 is 16.0 Å². The first-order chi connectivity index (χ1) is 13.6. The Labute approximate surface area is 171 Å². The smallest absolute Gasteiger partial charge is 0.320 e. The van der Waals surface area contributed by atoms with Gasteiger partial charge in [0.2, 0.25) is 5.56 Å². The minimum absolute atomic E-state index is 0. The Morgan fingerprint density at radius 2 is 2.03 bits per heavy atom. The van der Waals surface area contributed by atoms with Gasteiger partial charge in [-0.05, 0) is 24.6 Å². The summed E-state index contributed by atoms with van der Waals surface area (Å²) < 4.78 is 21.0. The van der Waals surface area contributed by atoms with Gasteiger partial charge in [0.25, 0.3) is 0 Å². The third kappa shape index (κ3) is 3.90. The number of hydrogen-bond donors (Lipinski definition) is 2. The van der Waals surface area contributed by atoms with Gasteiger partial charge in [-0.15, -0.1) is 12.4 Å². The number of halogens is 2. The molecule has 3 heterocycles. The fraction of sp³-hybridized carbons (Fsp3) is 0.158. The van der Waals surface area contributed by atoms with E-state index in [-0.39, 0.29) is 29.8 Å². The van der Waals surface area contributed by atoms with Crippen molar-refractivity contribution < 1.29 is 9.13 Å². The monoisotopic (exact) mass is 416 g/mol. The Balaban J connectivity index is 0.00000240. The molecule has 10 heteroatoms. The lowest BCUT2D eigenvalue weighted by Crippen LogP contribution is -2.07. The molecule has 0 aliphatic carbocycles. The van der Waals surface area contributed by atoms with E-state index < -0.39 is 5.82 Å². The molecule has 3 aromatic heterocycles. The highest BCUT2D eigenvalue weighted by molar-refractivity contribution is 5.87. The van der Waals surface area contributed by atoms with Crippen molar-refractivity contribution in [2.24, 2.45) is 0 Å². The van der Waals surface area contributed by atoms with Gasteiger partial charge in [-0.2, -0.15) is 9.97 Å². The Morgan fingerprint density at radius 3 is 2.72 bits per heavy atom. The number of ether oxygens (including phenoxy) is 1. The second kappa shape index (κ2) is 8.27. The lowest BCUT2D eigenvalue weighted by Gasteiger charge is -2.09. The third-order valence-corrected chi connectivity index (χ3v) is 4.06. The molecule has 0 unspecified atom stereocenters. The topological polar surface area (TPSA) is 112 Å². The fourth-order valence-electron chi connectivity index (χ4n) is 2.82. The van der Waals surface area contributed by atoms with Gasteiger partial charge in [0.05, 0.1) is 12.3 Å². The lowest BCUT2D eigenvalue weighted by atomic mass is 10.2. The number of aromatic amines is 1. The van der Waals surface area contributed by atoms with Crippen LogP contribution in [0.25, 0.3) is 28.2 Å². The SMILES string of the molecule is CCCOc1nc(N)c2nc(-c3cccc(F)c3)n(-c3ccc(=O)[nH]c3)c2n1.Cl. The van der Waals surface area contributed by atoms with Crippen LogP contribution in [0.3, 0.4) is 0 Å². The predicted octanol–water partition coefficient (Wildman–Crippen LogP) is 3.10. The van der Waals surface area contributed by atoms with Gasteiger partial charge < -0.3 is 15.5 Å². The molecule has 0 atom stereocenters. The number of hydrogen-bond acceptors (Lipinski definition) is 6. The van der Waals surface area contributed by atoms with Crippen LogP contribution in [0, 0.1) is 5.82 Å². The maximum Gasteiger partial charge on any atom is 0.320 e. The molecule has 0 saturated heterocycles. The Hall–Kier alpha value is -3.46. The number of rotatable bonds is 5. The number of pyridine rings is 1. The number of H-pyrrole nitrogens is 1. The van der Waals surface area contributed by atoms with Crippen LogP contribution in [0.5, 0.6) is 6.01 Å². The molecule has 0 fully saturated rings. The minimum atomic E-state index is -0.399. The number of fused-ring (bicyclic) bond motifs is 1. The largest absolute Gasteiger partial charge is 0.463 e. The van der Waals surface area contributed by atoms with Crippen LogP contribution in [0.15, 0.2) is 47.4 Å². The van der Waals surface area contributed by atoms with Crippen molar-refractivity contribution in [3.8, 4) is 23.1 Å². The predicted molar refractivity (Wildman–Crippen MR) is 110 cm³/mol. The average Bonchev–Trinajstić information content (AvgIpc) is 3.07. The van der Waals surface area contributed by atoms with Gasteiger partial charge in [-0.1, -0.05) is 19.1 Å². The first-order valence-electron chi connectivity index (χ1n) is 8.70. The summed E-state index contributed by atoms with van der Waals surface area (Å²) in [4.78, 5) is 27.2. The molecular weight excluding hydrogens is 399 g/mol. The lowest BCUT2D eigenvalue weighted by molar-refractivity contribution is 0.294. The van der Waals surface area contributed by atoms with E-state index in [0.717, 1.165) is 6.42 Å². The summed E-state index contributed by atoms with van der Waals surface area (Å²) in [5.74, 6) is 0.163. The number of benzene rings is 1. The molecule has 150 valence electrons. The van der Waals surface area contributed by atoms with Crippen molar-refractivity contribution in [3.63, 3.8) is 0 Å². The number of nitrogens with zero attached hydrogens (tertiary/aromatic N) is 4. The zero-order valence-corrected chi connectivity index (χ0v) is 16.2. The third-order valence-electron chi connectivity index (χ3n) is 4.06. The van der Waals surface area contributed by atoms with Crippen LogP contribution in [-0.4, -0.2) is 31.1 Å². The highest BCUT2D eigenvalue weighted by atomic mass is 35.5. The van der Waals surface area contributed by atoms with E-state index in [0.29, 0.717) is 34.8 Å². The zero-order valence-electron chi connectivity index (χ0n) is 15.4. The van der Waals surface area contributed by atoms with Crippen LogP contribution in [0.4, 0.5) is 10.2 Å². The van der Waals surface area contributed by atoms with E-state index >= 15 is 0 Å². The summed E-state index contributed by atoms with van der Waals surface area (Å²) in [6.45, 7) is 2.41. The molecule has 0 aliphatic rings. The van der Waals surface area contributed by atoms with E-state index in [2.05, 4.69) is 19.9 Å². The van der Waals surface area contributed by atoms with Gasteiger partial charge in [0.1, 0.15) is 11.6 Å². The summed E-state index contributed by atoms with van der Waals surface area (Å²) in [6.07, 6.45) is 2.31. The van der Waals surface area contributed by atoms with E-state index in [9.17, 15) is 9.18 Å². The molecule has 0 aliphatic heterocycles. The molecule has 8 nitrogen and oxygen atoms in total. The second-order valence-electron chi connectivity index (χ2n) is 6.10. The molecule has 4 rings (SSSR count). The van der Waals surface area contributed by atoms with Gasteiger partial charge in [-0.25, -0.2) is 9.37 Å². The summed E-state index contributed by atoms with van der Waals surface area (Å²) in [5.41, 5.74) is 7.69. The zero-order chi connectivity index (χ0) is 19.7. The number of nitrogens with one attached hydrogen (secondary N) is 1. The molecule has 0 radical (unpaired) electrons. The molecule has 0 spiro atoms. The Kier molecular flexibility index (Phi) is 5.79. The molecule has 0 bridgehead atoms. The van der Waals surface area contributed by atoms with Crippen molar-refractivity contribution in [3.05, 3.63) is 58.8 Å². The molecule has 3 N–H and O–H groups in total. The van der Waals surface area contributed by atoms with E-state index in [1.54, 1.807) is 22.8 Å². The Morgan fingerprint density at radius 1 is 1.21 bits per heavy atom. The standard InChI is InChI=1S/C19H17FN6O2.ClH/c1-2-8-28-19-24-16(21)15-18(25-19)26(13-6-7-14(27)22-10-13)17(23-15)11-4-3-5-12(20)9-11;/h3-7,9-10H,2,8H2,1H3,(H,22,27)(H2,21,24,25);1H. The van der Waals surface area contributed by atoms with Gasteiger partial charge in [0, 0.05) is 17.8 Å². The molecule has 4 aromatic rings. The molecular formula is C19H18ClFN6O2. The van der Waals surface area contributed by atoms with Crippen LogP contribution in [0.2, 0.25) is 0 Å². The first kappa shape index (κ1) is 20.3. The fourth-order valence-corrected chi connectivity index (χ4v) is 2.82. The molecule has 1 aromatic carbocycles. The number of nitrogens with two attached hydrogens (primary N) is 1. The van der Waals surface area contributed by atoms with Crippen molar-refractivity contribution in [2.45, 2.75) is 13.3 Å². The number of nitrogen functional groups attached to an aromatic ring is 1. The van der Waals surface area contributed by atoms with Crippen molar-refractivity contribution in [1.82, 2.24) is 24.5 Å². The molecule has 0 amide bonds. The summed E-state index contributed by atoms with van der Waals surface area (Å²) in [6, 6.07) is 9.16. The normalized spacial score (nSPS) is 10.7. The Bertz CT molecular complexity index is 1200. The van der Waals surface area contributed by atoms with Crippen molar-refractivity contribution >= 4 is 29.4 Å². The van der Waals surface area contributed by atoms with Crippen LogP contribution in [-0.2, 0) is 0 Å². The number of imidazole rings is 1. The highest BCUT2D eigenvalue weighted by Gasteiger charge is 2.20. The van der Waals surface area contributed by atoms with Crippen molar-refractivity contribution in [1.29, 1.82) is 0 Å². The summed E-state index contributed by atoms with van der Waals surface area (Å²) in [7, 11) is 0. The molecule has 0 saturated carbocycles. The minimum Gasteiger partial charge on any atom is -0.463 e. The quantitative estimate of drug-likeness (QED) is 0.517. The van der Waals surface area contributed by atoms with Gasteiger partial charge in [0.15, 0.2) is 17.0 Å². The number of anilines is 1. The maximum atomic E-state index is 13.8. The maximum absolute atomic E-state index is 13.8. The van der Waals surface area contributed by atoms with Gasteiger partial charge >= 0.3 is 6.01 Å². The summed E-state index contributed by atoms with van der Waals surface area (Å²) >= 11 is 0. The summed E-state index contributed by atoms with van der Waals surface area (Å²) in [5, 5.41) is 0. The average molecular weight is 417 g/mol. The van der Waals surface area contributed by atoms with E-state index in [4.69, 9.17) is 10.5 Å². The number of aromatic nitrogens is 5. The first-order valence-corrected chi connectivity index (χ1v) is 8.70. The van der Waals surface area contributed by atoms with E-state index in [1.807, 2.05) is 6.92 Å². The molecule has 29 heavy (non-hydrogen) atoms. The van der Waals surface area contributed by atoms with Gasteiger partial charge in [-0.3, -0.25) is 9.36 Å². The van der Waals surface area contributed by atoms with Crippen molar-refractivity contribution in [2.75, 3.05) is 12.3 Å². The second-order valence-corrected chi connectivity index (χ2v) is 6.10. The van der Waals surface area contributed by atoms with Crippen LogP contribution in [0.1, 0.15) is 13.3 Å².